The highest BCUT2D eigenvalue weighted by molar-refractivity contribution is 5.85. The van der Waals surface area contributed by atoms with Crippen molar-refractivity contribution in [3.05, 3.63) is 0 Å². The van der Waals surface area contributed by atoms with Crippen molar-refractivity contribution < 1.29 is 30.7 Å². The minimum Gasteiger partial charge on any atom is -0.330 e. The molecule has 1 atom stereocenters. The third-order valence-corrected chi connectivity index (χ3v) is 1.96. The number of rotatable bonds is 5. The van der Waals surface area contributed by atoms with Gasteiger partial charge in [-0.3, -0.25) is 0 Å². The van der Waals surface area contributed by atoms with E-state index in [0.717, 1.165) is 0 Å². The molecule has 0 aliphatic heterocycles. The molecule has 2 nitrogen and oxygen atoms in total. The van der Waals surface area contributed by atoms with Crippen LogP contribution in [0.1, 0.15) is 12.8 Å². The van der Waals surface area contributed by atoms with Crippen molar-refractivity contribution in [2.24, 2.45) is 11.5 Å². The molecule has 4 N–H and O–H groups in total. The Morgan fingerprint density at radius 1 is 0.941 bits per heavy atom. The molecule has 0 saturated heterocycles. The van der Waals surface area contributed by atoms with Crippen LogP contribution in [0.5, 0.6) is 0 Å². The Morgan fingerprint density at radius 3 is 1.65 bits per heavy atom. The van der Waals surface area contributed by atoms with Crippen LogP contribution in [0.2, 0.25) is 0 Å². The Hall–Kier alpha value is -0.280. The van der Waals surface area contributed by atoms with Crippen LogP contribution in [0.25, 0.3) is 0 Å². The lowest BCUT2D eigenvalue weighted by Gasteiger charge is -2.32. The average molecular weight is 293 g/mol. The van der Waals surface area contributed by atoms with Gasteiger partial charge in [-0.25, -0.2) is 0 Å². The molecule has 0 bridgehead atoms. The number of nitrogens with two attached hydrogens (primary N) is 2. The lowest BCUT2D eigenvalue weighted by Crippen LogP contribution is -2.60. The Labute approximate surface area is 98.9 Å². The Kier molecular flexibility index (Phi) is 6.79. The first-order valence-electron chi connectivity index (χ1n) is 4.26. The first-order valence-corrected chi connectivity index (χ1v) is 4.26. The van der Waals surface area contributed by atoms with Gasteiger partial charge in [0.15, 0.2) is 0 Å². The van der Waals surface area contributed by atoms with Crippen molar-refractivity contribution >= 4 is 12.4 Å². The highest BCUT2D eigenvalue weighted by Gasteiger charge is 2.74. The summed E-state index contributed by atoms with van der Waals surface area (Å²) in [6, 6.07) is -2.59. The fourth-order valence-electron chi connectivity index (χ4n) is 0.941. The van der Waals surface area contributed by atoms with Gasteiger partial charge in [-0.15, -0.1) is 12.4 Å². The Balaban J connectivity index is 0. The zero-order valence-electron chi connectivity index (χ0n) is 8.41. The van der Waals surface area contributed by atoms with Crippen molar-refractivity contribution in [1.82, 2.24) is 0 Å². The highest BCUT2D eigenvalue weighted by atomic mass is 35.5. The smallest absolute Gasteiger partial charge is 0.330 e. The maximum absolute atomic E-state index is 12.8. The van der Waals surface area contributed by atoms with Gasteiger partial charge in [0.25, 0.3) is 0 Å². The molecule has 0 aromatic heterocycles. The van der Waals surface area contributed by atoms with Crippen LogP contribution in [-0.2, 0) is 0 Å². The van der Waals surface area contributed by atoms with E-state index in [1.54, 1.807) is 0 Å². The van der Waals surface area contributed by atoms with Gasteiger partial charge in [0.05, 0.1) is 6.04 Å². The zero-order valence-corrected chi connectivity index (χ0v) is 9.22. The predicted molar refractivity (Wildman–Crippen MR) is 49.5 cm³/mol. The third-order valence-electron chi connectivity index (χ3n) is 1.96. The topological polar surface area (TPSA) is 52.0 Å². The lowest BCUT2D eigenvalue weighted by molar-refractivity contribution is -0.358. The summed E-state index contributed by atoms with van der Waals surface area (Å²) >= 11 is 0. The van der Waals surface area contributed by atoms with Crippen LogP contribution in [-0.4, -0.2) is 30.6 Å². The van der Waals surface area contributed by atoms with Gasteiger partial charge in [-0.2, -0.15) is 30.7 Å². The second-order valence-electron chi connectivity index (χ2n) is 3.23. The summed E-state index contributed by atoms with van der Waals surface area (Å²) in [6.07, 6.45) is -7.21. The van der Waals surface area contributed by atoms with E-state index in [1.165, 1.54) is 0 Å². The van der Waals surface area contributed by atoms with Gasteiger partial charge >= 0.3 is 18.0 Å². The maximum atomic E-state index is 12.8. The minimum atomic E-state index is -6.34. The summed E-state index contributed by atoms with van der Waals surface area (Å²) in [5, 5.41) is 0. The number of hydrogen-bond acceptors (Lipinski definition) is 2. The molecule has 0 rings (SSSR count). The van der Waals surface area contributed by atoms with Crippen LogP contribution >= 0.6 is 12.4 Å². The van der Waals surface area contributed by atoms with E-state index in [4.69, 9.17) is 5.73 Å². The summed E-state index contributed by atoms with van der Waals surface area (Å²) in [4.78, 5) is 0. The van der Waals surface area contributed by atoms with Crippen molar-refractivity contribution in [3.63, 3.8) is 0 Å². The first kappa shape index (κ1) is 19.1. The van der Waals surface area contributed by atoms with Crippen molar-refractivity contribution in [1.29, 1.82) is 0 Å². The van der Waals surface area contributed by atoms with Crippen LogP contribution < -0.4 is 11.5 Å². The maximum Gasteiger partial charge on any atom is 0.459 e. The van der Waals surface area contributed by atoms with Gasteiger partial charge in [-0.05, 0) is 19.4 Å². The van der Waals surface area contributed by atoms with Crippen LogP contribution in [0.15, 0.2) is 0 Å². The number of alkyl halides is 7. The molecule has 0 spiro atoms. The standard InChI is InChI=1S/C7H11F7N2.ClH/c8-5(9,4(16)2-1-3-15)6(10,11)7(12,13)14;/h4H,1-3,15-16H2;1H/t4-;/m1./s1. The van der Waals surface area contributed by atoms with E-state index in [1.807, 2.05) is 0 Å². The molecule has 0 aromatic rings. The van der Waals surface area contributed by atoms with E-state index < -0.39 is 30.5 Å². The fraction of sp³-hybridized carbons (Fsp3) is 1.00. The van der Waals surface area contributed by atoms with Gasteiger partial charge in [0.1, 0.15) is 0 Å². The summed E-state index contributed by atoms with van der Waals surface area (Å²) in [5.41, 5.74) is 9.54. The van der Waals surface area contributed by atoms with Crippen LogP contribution in [0.4, 0.5) is 30.7 Å². The molecule has 0 amide bonds. The summed E-state index contributed by atoms with van der Waals surface area (Å²) < 4.78 is 85.5. The van der Waals surface area contributed by atoms with E-state index in [-0.39, 0.29) is 25.4 Å². The molecular formula is C7H12ClF7N2. The van der Waals surface area contributed by atoms with Crippen molar-refractivity contribution in [2.75, 3.05) is 6.54 Å². The lowest BCUT2D eigenvalue weighted by atomic mass is 9.99. The summed E-state index contributed by atoms with van der Waals surface area (Å²) in [6.45, 7) is -0.124. The number of hydrogen-bond donors (Lipinski definition) is 2. The van der Waals surface area contributed by atoms with Gasteiger partial charge in [0, 0.05) is 0 Å². The molecule has 0 aliphatic rings. The van der Waals surface area contributed by atoms with E-state index >= 15 is 0 Å². The second kappa shape index (κ2) is 6.05. The van der Waals surface area contributed by atoms with Crippen LogP contribution in [0, 0.1) is 0 Å². The van der Waals surface area contributed by atoms with E-state index in [2.05, 4.69) is 5.73 Å². The molecule has 0 fully saturated rings. The normalized spacial score (nSPS) is 15.4. The van der Waals surface area contributed by atoms with Crippen molar-refractivity contribution in [2.45, 2.75) is 36.9 Å². The van der Waals surface area contributed by atoms with Gasteiger partial charge in [0.2, 0.25) is 0 Å². The SMILES string of the molecule is Cl.NCCC[C@@H](N)C(F)(F)C(F)(F)C(F)(F)F. The molecular weight excluding hydrogens is 281 g/mol. The molecule has 0 aromatic carbocycles. The Bertz CT molecular complexity index is 231. The first-order chi connectivity index (χ1) is 6.98. The molecule has 0 saturated carbocycles. The van der Waals surface area contributed by atoms with Crippen molar-refractivity contribution in [3.8, 4) is 0 Å². The highest BCUT2D eigenvalue weighted by Crippen LogP contribution is 2.48. The summed E-state index contributed by atoms with van der Waals surface area (Å²) in [5.74, 6) is -11.5. The largest absolute Gasteiger partial charge is 0.459 e. The molecule has 0 heterocycles. The van der Waals surface area contributed by atoms with Gasteiger partial charge in [-0.1, -0.05) is 0 Å². The zero-order chi connectivity index (χ0) is 13.2. The monoisotopic (exact) mass is 292 g/mol. The molecule has 0 unspecified atom stereocenters. The van der Waals surface area contributed by atoms with Crippen LogP contribution in [0.3, 0.4) is 0 Å². The quantitative estimate of drug-likeness (QED) is 0.764. The summed E-state index contributed by atoms with van der Waals surface area (Å²) in [7, 11) is 0. The Morgan fingerprint density at radius 2 is 1.35 bits per heavy atom. The minimum absolute atomic E-state index is 0. The fourth-order valence-corrected chi connectivity index (χ4v) is 0.941. The third kappa shape index (κ3) is 3.85. The second-order valence-corrected chi connectivity index (χ2v) is 3.23. The molecule has 0 aliphatic carbocycles. The van der Waals surface area contributed by atoms with E-state index in [0.29, 0.717) is 0 Å². The molecule has 17 heavy (non-hydrogen) atoms. The molecule has 10 heteroatoms. The molecule has 106 valence electrons. The molecule has 0 radical (unpaired) electrons. The number of halogens is 8. The average Bonchev–Trinajstić information content (AvgIpc) is 2.11. The van der Waals surface area contributed by atoms with E-state index in [9.17, 15) is 30.7 Å². The van der Waals surface area contributed by atoms with Gasteiger partial charge < -0.3 is 11.5 Å². The predicted octanol–water partition coefficient (Wildman–Crippen LogP) is 2.31.